The summed E-state index contributed by atoms with van der Waals surface area (Å²) in [4.78, 5) is 4.96. The van der Waals surface area contributed by atoms with Crippen LogP contribution in [0.5, 0.6) is 11.6 Å². The van der Waals surface area contributed by atoms with Gasteiger partial charge < -0.3 is 4.74 Å². The normalized spacial score (nSPS) is 17.3. The lowest BCUT2D eigenvalue weighted by Gasteiger charge is -2.34. The maximum atomic E-state index is 6.86. The molecule has 3 aliphatic rings. The van der Waals surface area contributed by atoms with Crippen LogP contribution in [0.1, 0.15) is 11.3 Å². The molecule has 6 heteroatoms. The minimum atomic E-state index is -0.714. The monoisotopic (exact) mass is 537 g/mol. The van der Waals surface area contributed by atoms with E-state index in [0.717, 1.165) is 39.4 Å². The van der Waals surface area contributed by atoms with Crippen LogP contribution < -0.4 is 13.9 Å². The summed E-state index contributed by atoms with van der Waals surface area (Å²) in [6.07, 6.45) is 4.15. The second kappa shape index (κ2) is 6.26. The van der Waals surface area contributed by atoms with Crippen molar-refractivity contribution in [1.29, 1.82) is 0 Å². The van der Waals surface area contributed by atoms with Gasteiger partial charge in [-0.3, -0.25) is 4.98 Å². The van der Waals surface area contributed by atoms with E-state index in [-0.39, 0.29) is 0 Å². The van der Waals surface area contributed by atoms with Gasteiger partial charge in [-0.15, -0.1) is 4.57 Å². The molecule has 3 aliphatic heterocycles. The Morgan fingerprint density at radius 3 is 2.40 bits per heavy atom. The Morgan fingerprint density at radius 2 is 1.45 bits per heavy atom. The predicted octanol–water partition coefficient (Wildman–Crippen LogP) is 6.50. The van der Waals surface area contributed by atoms with E-state index < -0.39 is 5.66 Å². The summed E-state index contributed by atoms with van der Waals surface area (Å²) < 4.78 is 16.7. The van der Waals surface area contributed by atoms with Crippen LogP contribution in [0.25, 0.3) is 65.8 Å². The predicted molar refractivity (Wildman–Crippen MR) is 161 cm³/mol. The average Bonchev–Trinajstić information content (AvgIpc) is 3.68. The number of fused-ring (bicyclic) bond motifs is 11. The van der Waals surface area contributed by atoms with Gasteiger partial charge in [0.25, 0.3) is 11.7 Å². The van der Waals surface area contributed by atoms with Gasteiger partial charge in [0.05, 0.1) is 17.1 Å². The van der Waals surface area contributed by atoms with Crippen LogP contribution in [-0.2, 0) is 5.66 Å². The van der Waals surface area contributed by atoms with Crippen molar-refractivity contribution >= 4 is 60.0 Å². The fourth-order valence-electron chi connectivity index (χ4n) is 8.59. The van der Waals surface area contributed by atoms with E-state index in [1.807, 2.05) is 6.20 Å². The first-order valence-corrected chi connectivity index (χ1v) is 14.3. The molecule has 12 rings (SSSR count). The van der Waals surface area contributed by atoms with Crippen LogP contribution in [0.15, 0.2) is 116 Å². The second-order valence-electron chi connectivity index (χ2n) is 11.6. The lowest BCUT2D eigenvalue weighted by atomic mass is 9.87. The average molecular weight is 538 g/mol. The molecule has 1 spiro atoms. The highest BCUT2D eigenvalue weighted by atomic mass is 16.5. The molecule has 0 amide bonds. The Bertz CT molecular complexity index is 2790. The van der Waals surface area contributed by atoms with Crippen LogP contribution in [-0.4, -0.2) is 14.0 Å². The first-order chi connectivity index (χ1) is 20.9. The van der Waals surface area contributed by atoms with E-state index in [2.05, 4.69) is 127 Å². The van der Waals surface area contributed by atoms with Gasteiger partial charge in [-0.1, -0.05) is 30.3 Å². The topological polar surface area (TPSA) is 39.2 Å². The van der Waals surface area contributed by atoms with Crippen molar-refractivity contribution < 1.29 is 13.9 Å². The largest absolute Gasteiger partial charge is 0.422 e. The van der Waals surface area contributed by atoms with E-state index in [4.69, 9.17) is 9.72 Å². The summed E-state index contributed by atoms with van der Waals surface area (Å²) in [5.74, 6) is 2.84. The van der Waals surface area contributed by atoms with Gasteiger partial charge in [-0.05, 0) is 60.7 Å². The zero-order chi connectivity index (χ0) is 26.9. The molecule has 42 heavy (non-hydrogen) atoms. The number of hydrogen-bond acceptors (Lipinski definition) is 2. The molecule has 0 aliphatic carbocycles. The highest BCUT2D eigenvalue weighted by Gasteiger charge is 2.67. The van der Waals surface area contributed by atoms with Crippen molar-refractivity contribution in [2.45, 2.75) is 5.66 Å². The van der Waals surface area contributed by atoms with E-state index in [9.17, 15) is 0 Å². The summed E-state index contributed by atoms with van der Waals surface area (Å²) in [6, 6.07) is 37.1. The first kappa shape index (κ1) is 20.2. The fourth-order valence-corrected chi connectivity index (χ4v) is 8.59. The molecule has 0 fully saturated rings. The Hall–Kier alpha value is -5.75. The van der Waals surface area contributed by atoms with Gasteiger partial charge >= 0.3 is 11.3 Å². The molecule has 9 heterocycles. The number of rotatable bonds is 0. The molecular formula is C36H19N5O+2. The van der Waals surface area contributed by atoms with Gasteiger partial charge in [0, 0.05) is 45.3 Å². The number of hydrogen-bond donors (Lipinski definition) is 0. The lowest BCUT2D eigenvalue weighted by molar-refractivity contribution is -0.958. The quantitative estimate of drug-likeness (QED) is 0.164. The smallest absolute Gasteiger partial charge is 0.354 e. The maximum absolute atomic E-state index is 6.86. The van der Waals surface area contributed by atoms with Crippen molar-refractivity contribution in [1.82, 2.24) is 14.0 Å². The third-order valence-corrected chi connectivity index (χ3v) is 9.91. The number of nitrogens with zero attached hydrogens (tertiary/aromatic N) is 5. The Labute approximate surface area is 237 Å². The molecular weight excluding hydrogens is 518 g/mol. The van der Waals surface area contributed by atoms with Crippen molar-refractivity contribution in [2.75, 3.05) is 0 Å². The van der Waals surface area contributed by atoms with Crippen LogP contribution in [0.4, 0.5) is 0 Å². The molecule has 6 nitrogen and oxygen atoms in total. The molecule has 0 N–H and O–H groups in total. The molecule has 0 radical (unpaired) electrons. The minimum absolute atomic E-state index is 0.714. The number of benzene rings is 3. The summed E-state index contributed by atoms with van der Waals surface area (Å²) in [5, 5.41) is 7.23. The van der Waals surface area contributed by atoms with Crippen LogP contribution in [0.2, 0.25) is 0 Å². The summed E-state index contributed by atoms with van der Waals surface area (Å²) in [7, 11) is 0. The van der Waals surface area contributed by atoms with Gasteiger partial charge in [0.15, 0.2) is 11.0 Å². The van der Waals surface area contributed by atoms with E-state index in [0.29, 0.717) is 0 Å². The van der Waals surface area contributed by atoms with Crippen LogP contribution in [0, 0.1) is 0 Å². The van der Waals surface area contributed by atoms with Crippen molar-refractivity contribution in [3.63, 3.8) is 0 Å². The van der Waals surface area contributed by atoms with Crippen molar-refractivity contribution in [3.05, 3.63) is 127 Å². The van der Waals surface area contributed by atoms with Crippen molar-refractivity contribution in [2.24, 2.45) is 0 Å². The van der Waals surface area contributed by atoms with Gasteiger partial charge in [0.2, 0.25) is 5.69 Å². The van der Waals surface area contributed by atoms with Crippen molar-refractivity contribution in [3.8, 4) is 17.4 Å². The number of aromatic nitrogens is 5. The highest BCUT2D eigenvalue weighted by Crippen LogP contribution is 2.54. The molecule has 1 unspecified atom stereocenters. The zero-order valence-corrected chi connectivity index (χ0v) is 22.1. The summed E-state index contributed by atoms with van der Waals surface area (Å²) in [6.45, 7) is 0. The van der Waals surface area contributed by atoms with Gasteiger partial charge in [0.1, 0.15) is 16.8 Å². The second-order valence-corrected chi connectivity index (χ2v) is 11.6. The van der Waals surface area contributed by atoms with Crippen LogP contribution in [0.3, 0.4) is 0 Å². The Kier molecular flexibility index (Phi) is 3.01. The lowest BCUT2D eigenvalue weighted by Crippen LogP contribution is -2.76. The Balaban J connectivity index is 1.48. The molecule has 0 saturated carbocycles. The van der Waals surface area contributed by atoms with E-state index in [1.165, 1.54) is 49.4 Å². The number of pyridine rings is 4. The summed E-state index contributed by atoms with van der Waals surface area (Å²) in [5.41, 5.74) is 7.40. The number of para-hydroxylation sites is 1. The molecule has 1 atom stereocenters. The third kappa shape index (κ3) is 1.82. The fraction of sp³-hybridized carbons (Fsp3) is 0.0278. The third-order valence-electron chi connectivity index (χ3n) is 9.91. The number of ether oxygens (including phenoxy) is 1. The molecule has 0 saturated heterocycles. The van der Waals surface area contributed by atoms with Gasteiger partial charge in [-0.2, -0.15) is 13.5 Å². The van der Waals surface area contributed by atoms with Gasteiger partial charge in [-0.25, -0.2) is 0 Å². The van der Waals surface area contributed by atoms with Crippen LogP contribution >= 0.6 is 0 Å². The summed E-state index contributed by atoms with van der Waals surface area (Å²) >= 11 is 0. The first-order valence-electron chi connectivity index (χ1n) is 14.3. The zero-order valence-electron chi connectivity index (χ0n) is 22.1. The molecule has 192 valence electrons. The highest BCUT2D eigenvalue weighted by molar-refractivity contribution is 6.19. The molecule has 6 aromatic heterocycles. The molecule has 3 aromatic carbocycles. The SMILES string of the molecule is c1cc[n+]2c(c1)-n1c3ccccc3c3ccc4c(c31)C21c2c3ccccc3c3c5cccnc5c5ccc([n+]1c5n23)O4. The van der Waals surface area contributed by atoms with E-state index >= 15 is 0 Å². The molecule has 0 bridgehead atoms. The van der Waals surface area contributed by atoms with E-state index in [1.54, 1.807) is 0 Å². The standard InChI is InChI=1S/C36H19N5O/c1-2-10-23-21(9-1)32-24-11-7-18-37-31(24)25-15-17-29-41-35(25)40(32)34(23)36(41)30-27(42-29)16-14-22-20-8-3-4-12-26(20)39(33(22)30)28-13-5-6-19-38(28)36/h1-19H/q+2. The minimum Gasteiger partial charge on any atom is -0.422 e. The Morgan fingerprint density at radius 1 is 0.667 bits per heavy atom. The maximum Gasteiger partial charge on any atom is 0.354 e. The molecule has 9 aromatic rings.